The van der Waals surface area contributed by atoms with Gasteiger partial charge in [-0.2, -0.15) is 5.70 Å². The summed E-state index contributed by atoms with van der Waals surface area (Å²) < 4.78 is 70.1. The van der Waals surface area contributed by atoms with Crippen LogP contribution >= 0.6 is 0 Å². The summed E-state index contributed by atoms with van der Waals surface area (Å²) in [4.78, 5) is 17.6. The predicted molar refractivity (Wildman–Crippen MR) is 110 cm³/mol. The van der Waals surface area contributed by atoms with Crippen molar-refractivity contribution in [2.24, 2.45) is 10.7 Å². The van der Waals surface area contributed by atoms with Crippen LogP contribution in [-0.2, 0) is 9.47 Å². The van der Waals surface area contributed by atoms with Crippen LogP contribution in [0.3, 0.4) is 0 Å². The van der Waals surface area contributed by atoms with E-state index in [-0.39, 0.29) is 23.8 Å². The summed E-state index contributed by atoms with van der Waals surface area (Å²) in [5, 5.41) is 8.57. The van der Waals surface area contributed by atoms with Crippen molar-refractivity contribution in [2.75, 3.05) is 33.5 Å². The second-order valence-electron chi connectivity index (χ2n) is 7.03. The molecule has 0 aromatic carbocycles. The molecule has 0 fully saturated rings. The molecule has 3 rings (SSSR count). The quantitative estimate of drug-likeness (QED) is 0.456. The number of alkyl halides is 3. The molecule has 4 N–H and O–H groups in total. The number of amidine groups is 1. The van der Waals surface area contributed by atoms with Crippen LogP contribution in [0.2, 0.25) is 0 Å². The van der Waals surface area contributed by atoms with Crippen molar-refractivity contribution in [3.8, 4) is 5.75 Å². The number of carboxylic acid groups (broad SMARTS) is 1. The minimum absolute atomic E-state index is 0.00379. The summed E-state index contributed by atoms with van der Waals surface area (Å²) in [5.41, 5.74) is 6.49. The van der Waals surface area contributed by atoms with Gasteiger partial charge in [-0.3, -0.25) is 4.99 Å². The standard InChI is InChI=1S/C11H12F4N3O.C9H11NO4/c12-7-2-1-6(16)3-10(7,15)11(9(13)14)5-19-4-8(17)18-11;1-13-4-5-14-7-2-3-8(9(11)12)10-6-7/h1-2,9,16H,3-5H2,(H2,17,18);2-3,6H,4-5H2,1H3,(H,11,12)/q-1;/t10?,11-;/m0./s1. The number of aromatic nitrogens is 1. The normalized spacial score (nSPS) is 24.7. The number of rotatable bonds is 7. The molecule has 0 radical (unpaired) electrons. The summed E-state index contributed by atoms with van der Waals surface area (Å²) in [6.45, 7) is -0.0961. The van der Waals surface area contributed by atoms with Crippen LogP contribution in [-0.4, -0.2) is 73.1 Å². The maximum atomic E-state index is 14.9. The van der Waals surface area contributed by atoms with Gasteiger partial charge in [0.25, 0.3) is 6.43 Å². The fraction of sp³-hybridized carbons (Fsp3) is 0.450. The minimum Gasteiger partial charge on any atom is -0.702 e. The SMILES string of the molecule is COCCOc1ccc(C(=O)O)nc1.[NH-]C1=CC=C(F)C(F)([C@@]2(C(F)F)COCC(N)=N2)C1. The number of aliphatic imine (C=N–C) groups is 1. The van der Waals surface area contributed by atoms with Gasteiger partial charge in [0.2, 0.25) is 0 Å². The van der Waals surface area contributed by atoms with Crippen LogP contribution in [0, 0.1) is 0 Å². The highest BCUT2D eigenvalue weighted by Crippen LogP contribution is 2.48. The van der Waals surface area contributed by atoms with Crippen LogP contribution in [0.15, 0.2) is 47.0 Å². The molecular formula is C20H23F4N4O5-. The first-order valence-electron chi connectivity index (χ1n) is 9.54. The maximum Gasteiger partial charge on any atom is 0.354 e. The molecule has 0 saturated heterocycles. The number of pyridine rings is 1. The molecule has 0 bridgehead atoms. The molecule has 1 unspecified atom stereocenters. The fourth-order valence-corrected chi connectivity index (χ4v) is 3.03. The highest BCUT2D eigenvalue weighted by molar-refractivity contribution is 5.85. The van der Waals surface area contributed by atoms with E-state index in [1.165, 1.54) is 12.3 Å². The topological polar surface area (TPSA) is 140 Å². The number of nitrogens with two attached hydrogens (primary N) is 1. The molecule has 33 heavy (non-hydrogen) atoms. The Balaban J connectivity index is 0.000000245. The first-order valence-corrected chi connectivity index (χ1v) is 9.54. The molecule has 182 valence electrons. The molecule has 0 saturated carbocycles. The zero-order chi connectivity index (χ0) is 24.6. The van der Waals surface area contributed by atoms with Gasteiger partial charge in [0.05, 0.1) is 19.4 Å². The Bertz CT molecular complexity index is 926. The lowest BCUT2D eigenvalue weighted by molar-refractivity contribution is -0.0880. The first-order chi connectivity index (χ1) is 15.6. The Morgan fingerprint density at radius 3 is 2.64 bits per heavy atom. The zero-order valence-electron chi connectivity index (χ0n) is 17.6. The van der Waals surface area contributed by atoms with Crippen molar-refractivity contribution in [2.45, 2.75) is 24.1 Å². The minimum atomic E-state index is -3.32. The number of aromatic carboxylic acids is 1. The number of nitrogens with one attached hydrogen (secondary N) is 1. The Morgan fingerprint density at radius 2 is 2.09 bits per heavy atom. The Morgan fingerprint density at radius 1 is 1.36 bits per heavy atom. The molecule has 13 heteroatoms. The Hall–Kier alpha value is -3.19. The van der Waals surface area contributed by atoms with Gasteiger partial charge in [0.15, 0.2) is 11.2 Å². The van der Waals surface area contributed by atoms with Crippen molar-refractivity contribution in [3.63, 3.8) is 0 Å². The number of hydrogen-bond donors (Lipinski definition) is 2. The third-order valence-electron chi connectivity index (χ3n) is 4.72. The molecule has 2 atom stereocenters. The third kappa shape index (κ3) is 5.99. The van der Waals surface area contributed by atoms with Crippen LogP contribution in [0.1, 0.15) is 16.9 Å². The Kier molecular flexibility index (Phi) is 8.76. The molecule has 0 spiro atoms. The van der Waals surface area contributed by atoms with Gasteiger partial charge in [-0.25, -0.2) is 27.3 Å². The second-order valence-corrected chi connectivity index (χ2v) is 7.03. The van der Waals surface area contributed by atoms with E-state index in [1.54, 1.807) is 13.2 Å². The maximum absolute atomic E-state index is 14.9. The number of halogens is 4. The molecule has 1 aromatic heterocycles. The zero-order valence-corrected chi connectivity index (χ0v) is 17.6. The second kappa shape index (κ2) is 11.1. The van der Waals surface area contributed by atoms with Crippen molar-refractivity contribution < 1.29 is 41.7 Å². The predicted octanol–water partition coefficient (Wildman–Crippen LogP) is 3.08. The summed E-state index contributed by atoms with van der Waals surface area (Å²) in [6, 6.07) is 2.95. The van der Waals surface area contributed by atoms with Gasteiger partial charge in [-0.1, -0.05) is 6.08 Å². The lowest BCUT2D eigenvalue weighted by atomic mass is 9.75. The summed E-state index contributed by atoms with van der Waals surface area (Å²) in [6.07, 6.45) is -1.10. The lowest BCUT2D eigenvalue weighted by Crippen LogP contribution is -2.61. The van der Waals surface area contributed by atoms with Crippen LogP contribution in [0.5, 0.6) is 5.75 Å². The number of ether oxygens (including phenoxy) is 3. The Labute approximate surface area is 186 Å². The molecular weight excluding hydrogens is 452 g/mol. The molecule has 1 aliphatic heterocycles. The molecule has 0 amide bonds. The van der Waals surface area contributed by atoms with E-state index in [4.69, 9.17) is 30.8 Å². The van der Waals surface area contributed by atoms with Crippen LogP contribution in [0.25, 0.3) is 5.73 Å². The van der Waals surface area contributed by atoms with Crippen molar-refractivity contribution >= 4 is 11.8 Å². The fourth-order valence-electron chi connectivity index (χ4n) is 3.03. The van der Waals surface area contributed by atoms with Crippen molar-refractivity contribution in [3.05, 3.63) is 53.4 Å². The van der Waals surface area contributed by atoms with E-state index < -0.39 is 42.5 Å². The average Bonchev–Trinajstić information content (AvgIpc) is 2.77. The van der Waals surface area contributed by atoms with E-state index in [2.05, 4.69) is 9.98 Å². The van der Waals surface area contributed by atoms with E-state index in [0.29, 0.717) is 25.0 Å². The number of hydrogen-bond acceptors (Lipinski definition) is 7. The number of allylic oxidation sites excluding steroid dienone is 3. The van der Waals surface area contributed by atoms with E-state index >= 15 is 0 Å². The molecule has 2 aliphatic rings. The summed E-state index contributed by atoms with van der Waals surface area (Å²) in [5.74, 6) is -2.23. The highest BCUT2D eigenvalue weighted by Gasteiger charge is 2.63. The largest absolute Gasteiger partial charge is 0.702 e. The number of nitrogens with zero attached hydrogens (tertiary/aromatic N) is 2. The molecule has 2 heterocycles. The van der Waals surface area contributed by atoms with Gasteiger partial charge in [-0.15, -0.1) is 0 Å². The monoisotopic (exact) mass is 475 g/mol. The van der Waals surface area contributed by atoms with Gasteiger partial charge >= 0.3 is 5.97 Å². The van der Waals surface area contributed by atoms with Gasteiger partial charge in [-0.05, 0) is 24.6 Å². The van der Waals surface area contributed by atoms with Crippen LogP contribution in [0.4, 0.5) is 17.6 Å². The van der Waals surface area contributed by atoms with E-state index in [1.807, 2.05) is 0 Å². The van der Waals surface area contributed by atoms with Crippen molar-refractivity contribution in [1.29, 1.82) is 0 Å². The number of carboxylic acids is 1. The third-order valence-corrected chi connectivity index (χ3v) is 4.72. The average molecular weight is 475 g/mol. The van der Waals surface area contributed by atoms with Gasteiger partial charge in [0, 0.05) is 7.11 Å². The summed E-state index contributed by atoms with van der Waals surface area (Å²) >= 11 is 0. The lowest BCUT2D eigenvalue weighted by Gasteiger charge is -2.44. The molecule has 1 aromatic rings. The highest BCUT2D eigenvalue weighted by atomic mass is 19.3. The van der Waals surface area contributed by atoms with Gasteiger partial charge in [0.1, 0.15) is 36.3 Å². The smallest absolute Gasteiger partial charge is 0.354 e. The van der Waals surface area contributed by atoms with E-state index in [9.17, 15) is 22.4 Å². The number of carbonyl (C=O) groups is 1. The summed E-state index contributed by atoms with van der Waals surface area (Å²) in [7, 11) is 1.58. The first kappa shape index (κ1) is 26.1. The molecule has 9 nitrogen and oxygen atoms in total. The number of methoxy groups -OCH3 is 1. The van der Waals surface area contributed by atoms with Crippen molar-refractivity contribution in [1.82, 2.24) is 4.98 Å². The van der Waals surface area contributed by atoms with Gasteiger partial charge < -0.3 is 30.8 Å². The molecule has 1 aliphatic carbocycles. The van der Waals surface area contributed by atoms with E-state index in [0.717, 1.165) is 6.08 Å². The van der Waals surface area contributed by atoms with Crippen LogP contribution < -0.4 is 10.5 Å².